The number of hydrogen-bond acceptors (Lipinski definition) is 8. The molecule has 1 atom stereocenters. The number of anilines is 3. The van der Waals surface area contributed by atoms with Crippen molar-refractivity contribution in [3.8, 4) is 6.07 Å². The van der Waals surface area contributed by atoms with Crippen LogP contribution in [0.25, 0.3) is 0 Å². The number of aromatic nitrogens is 1. The molecular weight excluding hydrogens is 524 g/mol. The van der Waals surface area contributed by atoms with Crippen LogP contribution in [0.5, 0.6) is 0 Å². The van der Waals surface area contributed by atoms with Gasteiger partial charge in [0, 0.05) is 43.8 Å². The van der Waals surface area contributed by atoms with Crippen LogP contribution in [0, 0.1) is 11.3 Å². The van der Waals surface area contributed by atoms with Crippen molar-refractivity contribution in [2.75, 3.05) is 42.9 Å². The topological polar surface area (TPSA) is 92.6 Å². The number of nitrogens with one attached hydrogen (secondary N) is 1. The van der Waals surface area contributed by atoms with E-state index in [0.717, 1.165) is 64.3 Å². The lowest BCUT2D eigenvalue weighted by Gasteiger charge is -2.47. The number of pyridine rings is 1. The molecule has 8 nitrogen and oxygen atoms in total. The summed E-state index contributed by atoms with van der Waals surface area (Å²) >= 11 is 6.70. The first-order valence-electron chi connectivity index (χ1n) is 14.3. The lowest BCUT2D eigenvalue weighted by atomic mass is 9.96. The molecule has 3 aromatic rings. The molecule has 0 bridgehead atoms. The van der Waals surface area contributed by atoms with Crippen LogP contribution < -0.4 is 21.1 Å². The SMILES string of the molecule is CC[C@H]1CN(c2ncc(Nc3c(C(C)C)c(=O)c3=O)cc2Cl)CCN1C1CCN(Cc2ccc(C#N)cc2)CC1. The smallest absolute Gasteiger partial charge is 0.249 e. The van der Waals surface area contributed by atoms with Crippen molar-refractivity contribution in [3.05, 3.63) is 78.7 Å². The highest BCUT2D eigenvalue weighted by Gasteiger charge is 2.34. The normalized spacial score (nSPS) is 19.3. The van der Waals surface area contributed by atoms with E-state index >= 15 is 0 Å². The molecule has 2 fully saturated rings. The predicted octanol–water partition coefficient (Wildman–Crippen LogP) is 4.63. The number of halogens is 1. The zero-order valence-corrected chi connectivity index (χ0v) is 24.2. The first-order valence-corrected chi connectivity index (χ1v) is 14.6. The quantitative estimate of drug-likeness (QED) is 0.399. The van der Waals surface area contributed by atoms with Gasteiger partial charge >= 0.3 is 0 Å². The van der Waals surface area contributed by atoms with Crippen LogP contribution in [0.3, 0.4) is 0 Å². The molecule has 0 spiro atoms. The van der Waals surface area contributed by atoms with Crippen molar-refractivity contribution in [2.24, 2.45) is 0 Å². The average molecular weight is 561 g/mol. The van der Waals surface area contributed by atoms with Crippen LogP contribution in [-0.2, 0) is 6.54 Å². The third-order valence-corrected chi connectivity index (χ3v) is 8.71. The van der Waals surface area contributed by atoms with Gasteiger partial charge in [0.2, 0.25) is 10.9 Å². The van der Waals surface area contributed by atoms with Crippen molar-refractivity contribution in [2.45, 2.75) is 64.6 Å². The summed E-state index contributed by atoms with van der Waals surface area (Å²) in [5.74, 6) is 0.740. The maximum absolute atomic E-state index is 12.1. The van der Waals surface area contributed by atoms with Gasteiger partial charge in [-0.1, -0.05) is 44.5 Å². The maximum Gasteiger partial charge on any atom is 0.249 e. The number of hydrogen-bond donors (Lipinski definition) is 1. The summed E-state index contributed by atoms with van der Waals surface area (Å²) in [5.41, 5.74) is 2.58. The van der Waals surface area contributed by atoms with Crippen molar-refractivity contribution in [1.82, 2.24) is 14.8 Å². The summed E-state index contributed by atoms with van der Waals surface area (Å²) in [4.78, 5) is 36.2. The molecule has 1 aromatic heterocycles. The Hall–Kier alpha value is -3.25. The Morgan fingerprint density at radius 3 is 2.45 bits per heavy atom. The van der Waals surface area contributed by atoms with E-state index in [2.05, 4.69) is 50.1 Å². The monoisotopic (exact) mass is 560 g/mol. The number of nitriles is 1. The molecule has 0 saturated carbocycles. The summed E-state index contributed by atoms with van der Waals surface area (Å²) in [6, 6.07) is 12.9. The highest BCUT2D eigenvalue weighted by Crippen LogP contribution is 2.32. The van der Waals surface area contributed by atoms with E-state index in [1.165, 1.54) is 5.56 Å². The van der Waals surface area contributed by atoms with Crippen LogP contribution in [0.2, 0.25) is 5.02 Å². The van der Waals surface area contributed by atoms with Gasteiger partial charge in [-0.05, 0) is 62.0 Å². The second-order valence-electron chi connectivity index (χ2n) is 11.3. The minimum absolute atomic E-state index is 0.0209. The summed E-state index contributed by atoms with van der Waals surface area (Å²) in [7, 11) is 0. The van der Waals surface area contributed by atoms with Crippen LogP contribution in [0.1, 0.15) is 62.6 Å². The highest BCUT2D eigenvalue weighted by molar-refractivity contribution is 6.33. The third-order valence-electron chi connectivity index (χ3n) is 8.43. The molecule has 210 valence electrons. The summed E-state index contributed by atoms with van der Waals surface area (Å²) in [5, 5.41) is 12.6. The van der Waals surface area contributed by atoms with Gasteiger partial charge in [-0.25, -0.2) is 4.98 Å². The molecule has 0 amide bonds. The Balaban J connectivity index is 1.18. The lowest BCUT2D eigenvalue weighted by molar-refractivity contribution is 0.0610. The molecule has 5 rings (SSSR count). The van der Waals surface area contributed by atoms with Gasteiger partial charge in [0.25, 0.3) is 0 Å². The first kappa shape index (κ1) is 28.3. The van der Waals surface area contributed by atoms with E-state index in [1.807, 2.05) is 26.0 Å². The molecule has 2 aliphatic rings. The fourth-order valence-electron chi connectivity index (χ4n) is 6.22. The van der Waals surface area contributed by atoms with Gasteiger partial charge in [-0.3, -0.25) is 19.4 Å². The Kier molecular flexibility index (Phi) is 8.55. The zero-order chi connectivity index (χ0) is 28.4. The largest absolute Gasteiger partial charge is 0.353 e. The fraction of sp³-hybridized carbons (Fsp3) is 0.484. The minimum atomic E-state index is -0.481. The van der Waals surface area contributed by atoms with E-state index in [9.17, 15) is 9.59 Å². The summed E-state index contributed by atoms with van der Waals surface area (Å²) < 4.78 is 0. The fourth-order valence-corrected chi connectivity index (χ4v) is 6.50. The second-order valence-corrected chi connectivity index (χ2v) is 11.7. The Morgan fingerprint density at radius 2 is 1.82 bits per heavy atom. The lowest BCUT2D eigenvalue weighted by Crippen LogP contribution is -2.58. The Labute approximate surface area is 240 Å². The number of piperidine rings is 1. The van der Waals surface area contributed by atoms with E-state index in [-0.39, 0.29) is 5.92 Å². The number of benzene rings is 1. The van der Waals surface area contributed by atoms with Gasteiger partial charge < -0.3 is 10.2 Å². The molecule has 0 unspecified atom stereocenters. The summed E-state index contributed by atoms with van der Waals surface area (Å²) in [6.45, 7) is 11.8. The predicted molar refractivity (Wildman–Crippen MR) is 160 cm³/mol. The van der Waals surface area contributed by atoms with Gasteiger partial charge in [0.05, 0.1) is 34.2 Å². The molecule has 1 N–H and O–H groups in total. The molecule has 2 saturated heterocycles. The molecule has 3 heterocycles. The van der Waals surface area contributed by atoms with Crippen LogP contribution >= 0.6 is 11.6 Å². The minimum Gasteiger partial charge on any atom is -0.353 e. The number of rotatable bonds is 8. The molecule has 2 aromatic carbocycles. The Bertz CT molecular complexity index is 1450. The molecule has 9 heteroatoms. The number of nitrogens with zero attached hydrogens (tertiary/aromatic N) is 5. The van der Waals surface area contributed by atoms with Crippen molar-refractivity contribution < 1.29 is 0 Å². The van der Waals surface area contributed by atoms with Crippen LogP contribution in [0.4, 0.5) is 17.2 Å². The summed E-state index contributed by atoms with van der Waals surface area (Å²) in [6.07, 6.45) is 5.06. The molecule has 40 heavy (non-hydrogen) atoms. The van der Waals surface area contributed by atoms with E-state index in [1.54, 1.807) is 12.3 Å². The average Bonchev–Trinajstić information content (AvgIpc) is 2.97. The van der Waals surface area contributed by atoms with E-state index in [0.29, 0.717) is 39.6 Å². The van der Waals surface area contributed by atoms with Crippen molar-refractivity contribution in [3.63, 3.8) is 0 Å². The van der Waals surface area contributed by atoms with Gasteiger partial charge in [-0.2, -0.15) is 5.26 Å². The molecule has 0 radical (unpaired) electrons. The Morgan fingerprint density at radius 1 is 1.10 bits per heavy atom. The number of piperazine rings is 1. The van der Waals surface area contributed by atoms with E-state index in [4.69, 9.17) is 16.9 Å². The van der Waals surface area contributed by atoms with Gasteiger partial charge in [-0.15, -0.1) is 0 Å². The van der Waals surface area contributed by atoms with Gasteiger partial charge in [0.1, 0.15) is 5.82 Å². The van der Waals surface area contributed by atoms with Gasteiger partial charge in [0.15, 0.2) is 0 Å². The van der Waals surface area contributed by atoms with Crippen LogP contribution in [-0.4, -0.2) is 59.6 Å². The van der Waals surface area contributed by atoms with Crippen molar-refractivity contribution >= 4 is 28.8 Å². The number of likely N-dealkylation sites (tertiary alicyclic amines) is 1. The molecular formula is C31H37ClN6O2. The van der Waals surface area contributed by atoms with E-state index < -0.39 is 10.9 Å². The third kappa shape index (κ3) is 5.78. The maximum atomic E-state index is 12.1. The first-order chi connectivity index (χ1) is 19.3. The zero-order valence-electron chi connectivity index (χ0n) is 23.5. The van der Waals surface area contributed by atoms with Crippen molar-refractivity contribution in [1.29, 1.82) is 5.26 Å². The van der Waals surface area contributed by atoms with Crippen LogP contribution in [0.15, 0.2) is 46.1 Å². The molecule has 2 aliphatic heterocycles. The highest BCUT2D eigenvalue weighted by atomic mass is 35.5. The molecule has 0 aliphatic carbocycles. The second kappa shape index (κ2) is 12.1. The standard InChI is InChI=1S/C31H37ClN6O2/c1-4-24-19-37(31-26(32)15-23(17-34-31)35-28-27(20(2)3)29(39)30(28)40)13-14-38(24)25-9-11-36(12-10-25)18-22-7-5-21(16-33)6-8-22/h5-8,15,17,20,24-25,35H,4,9-14,18-19H2,1-3H3/t24-/m0/s1.